The zero-order chi connectivity index (χ0) is 21.4. The molecule has 0 unspecified atom stereocenters. The Labute approximate surface area is 171 Å². The highest BCUT2D eigenvalue weighted by atomic mass is 19.4. The molecule has 1 fully saturated rings. The molecule has 5 nitrogen and oxygen atoms in total. The Kier molecular flexibility index (Phi) is 5.09. The largest absolute Gasteiger partial charge is 0.416 e. The first-order chi connectivity index (χ1) is 14.3. The molecule has 156 valence electrons. The van der Waals surface area contributed by atoms with Gasteiger partial charge in [0, 0.05) is 11.3 Å². The summed E-state index contributed by atoms with van der Waals surface area (Å²) in [5, 5.41) is 2.58. The van der Waals surface area contributed by atoms with Crippen molar-refractivity contribution in [1.29, 1.82) is 0 Å². The maximum absolute atomic E-state index is 13.1. The normalized spacial score (nSPS) is 18.0. The van der Waals surface area contributed by atoms with E-state index in [9.17, 15) is 22.8 Å². The molecule has 2 aromatic rings. The number of benzene rings is 2. The van der Waals surface area contributed by atoms with E-state index in [1.165, 1.54) is 17.0 Å². The number of aliphatic imine (C=N–C) groups is 1. The molecule has 0 aromatic heterocycles. The lowest BCUT2D eigenvalue weighted by atomic mass is 10.1. The summed E-state index contributed by atoms with van der Waals surface area (Å²) in [6, 6.07) is 13.3. The standard InChI is InChI=1S/C22H20F3N3O2/c23-22(24,25)16-8-10-17(11-9-16)26-18(29)14-28-20(30)19(15-6-2-1-3-7-15)27-21(28)12-4-5-13-21/h1-3,6-11H,4-5,12-14H2,(H,26,29). The van der Waals surface area contributed by atoms with Crippen molar-refractivity contribution >= 4 is 23.2 Å². The first kappa shape index (κ1) is 20.1. The fourth-order valence-corrected chi connectivity index (χ4v) is 4.05. The summed E-state index contributed by atoms with van der Waals surface area (Å²) in [7, 11) is 0. The number of rotatable bonds is 4. The topological polar surface area (TPSA) is 61.8 Å². The Hall–Kier alpha value is -3.16. The molecule has 1 saturated carbocycles. The van der Waals surface area contributed by atoms with Crippen molar-refractivity contribution < 1.29 is 22.8 Å². The van der Waals surface area contributed by atoms with Gasteiger partial charge in [-0.25, -0.2) is 0 Å². The molecule has 2 aromatic carbocycles. The summed E-state index contributed by atoms with van der Waals surface area (Å²) in [4.78, 5) is 31.9. The number of carbonyl (C=O) groups is 2. The third-order valence-electron chi connectivity index (χ3n) is 5.52. The Balaban J connectivity index is 1.50. The quantitative estimate of drug-likeness (QED) is 0.812. The number of nitrogens with zero attached hydrogens (tertiary/aromatic N) is 2. The maximum atomic E-state index is 13.1. The van der Waals surface area contributed by atoms with Crippen LogP contribution in [0.5, 0.6) is 0 Å². The molecule has 1 N–H and O–H groups in total. The molecule has 8 heteroatoms. The number of halogens is 3. The van der Waals surface area contributed by atoms with Crippen molar-refractivity contribution in [3.8, 4) is 0 Å². The first-order valence-electron chi connectivity index (χ1n) is 9.73. The van der Waals surface area contributed by atoms with E-state index in [0.29, 0.717) is 24.1 Å². The minimum Gasteiger partial charge on any atom is -0.325 e. The number of amides is 2. The molecule has 0 bridgehead atoms. The molecule has 2 aliphatic rings. The van der Waals surface area contributed by atoms with E-state index >= 15 is 0 Å². The fraction of sp³-hybridized carbons (Fsp3) is 0.318. The predicted molar refractivity (Wildman–Crippen MR) is 106 cm³/mol. The van der Waals surface area contributed by atoms with E-state index in [4.69, 9.17) is 4.99 Å². The van der Waals surface area contributed by atoms with Gasteiger partial charge in [-0.2, -0.15) is 13.2 Å². The van der Waals surface area contributed by atoms with Gasteiger partial charge < -0.3 is 10.2 Å². The van der Waals surface area contributed by atoms with Gasteiger partial charge >= 0.3 is 6.18 Å². The van der Waals surface area contributed by atoms with Gasteiger partial charge in [-0.05, 0) is 49.9 Å². The number of nitrogens with one attached hydrogen (secondary N) is 1. The predicted octanol–water partition coefficient (Wildman–Crippen LogP) is 4.25. The van der Waals surface area contributed by atoms with Gasteiger partial charge in [0.1, 0.15) is 17.9 Å². The molecule has 1 aliphatic heterocycles. The zero-order valence-corrected chi connectivity index (χ0v) is 16.1. The number of alkyl halides is 3. The van der Waals surface area contributed by atoms with Crippen LogP contribution >= 0.6 is 0 Å². The van der Waals surface area contributed by atoms with Crippen LogP contribution in [0, 0.1) is 0 Å². The van der Waals surface area contributed by atoms with Crippen LogP contribution in [0.4, 0.5) is 18.9 Å². The lowest BCUT2D eigenvalue weighted by Crippen LogP contribution is -2.48. The third-order valence-corrected chi connectivity index (χ3v) is 5.52. The van der Waals surface area contributed by atoms with Gasteiger partial charge in [0.15, 0.2) is 0 Å². The van der Waals surface area contributed by atoms with Crippen LogP contribution in [0.2, 0.25) is 0 Å². The first-order valence-corrected chi connectivity index (χ1v) is 9.73. The third kappa shape index (κ3) is 3.81. The monoisotopic (exact) mass is 415 g/mol. The summed E-state index contributed by atoms with van der Waals surface area (Å²) in [6.45, 7) is -0.209. The smallest absolute Gasteiger partial charge is 0.325 e. The van der Waals surface area contributed by atoms with E-state index in [1.807, 2.05) is 30.3 Å². The molecule has 1 heterocycles. The summed E-state index contributed by atoms with van der Waals surface area (Å²) >= 11 is 0. The van der Waals surface area contributed by atoms with Crippen molar-refractivity contribution in [1.82, 2.24) is 4.90 Å². The highest BCUT2D eigenvalue weighted by Crippen LogP contribution is 2.41. The number of hydrogen-bond acceptors (Lipinski definition) is 3. The molecule has 0 atom stereocenters. The molecular formula is C22H20F3N3O2. The van der Waals surface area contributed by atoms with E-state index in [0.717, 1.165) is 25.0 Å². The summed E-state index contributed by atoms with van der Waals surface area (Å²) in [6.07, 6.45) is -1.25. The van der Waals surface area contributed by atoms with Crippen LogP contribution in [-0.2, 0) is 15.8 Å². The molecule has 4 rings (SSSR count). The van der Waals surface area contributed by atoms with Crippen LogP contribution in [0.3, 0.4) is 0 Å². The molecule has 0 saturated heterocycles. The van der Waals surface area contributed by atoms with Gasteiger partial charge in [-0.15, -0.1) is 0 Å². The van der Waals surface area contributed by atoms with Crippen LogP contribution in [0.15, 0.2) is 59.6 Å². The Morgan fingerprint density at radius 3 is 2.27 bits per heavy atom. The van der Waals surface area contributed by atoms with Gasteiger partial charge in [-0.1, -0.05) is 30.3 Å². The Morgan fingerprint density at radius 1 is 1.03 bits per heavy atom. The van der Waals surface area contributed by atoms with Gasteiger partial charge in [0.05, 0.1) is 5.56 Å². The van der Waals surface area contributed by atoms with Crippen molar-refractivity contribution in [3.05, 3.63) is 65.7 Å². The lowest BCUT2D eigenvalue weighted by molar-refractivity contribution is -0.137. The van der Waals surface area contributed by atoms with E-state index in [2.05, 4.69) is 5.32 Å². The van der Waals surface area contributed by atoms with Crippen LogP contribution < -0.4 is 5.32 Å². The summed E-state index contributed by atoms with van der Waals surface area (Å²) in [5.74, 6) is -0.774. The van der Waals surface area contributed by atoms with E-state index in [1.54, 1.807) is 0 Å². The average molecular weight is 415 g/mol. The second-order valence-electron chi connectivity index (χ2n) is 7.53. The van der Waals surface area contributed by atoms with Crippen LogP contribution in [0.25, 0.3) is 0 Å². The maximum Gasteiger partial charge on any atom is 0.416 e. The van der Waals surface area contributed by atoms with Crippen molar-refractivity contribution in [2.75, 3.05) is 11.9 Å². The zero-order valence-electron chi connectivity index (χ0n) is 16.1. The number of hydrogen-bond donors (Lipinski definition) is 1. The highest BCUT2D eigenvalue weighted by Gasteiger charge is 2.49. The second-order valence-corrected chi connectivity index (χ2v) is 7.53. The summed E-state index contributed by atoms with van der Waals surface area (Å²) in [5.41, 5.74) is -0.218. The van der Waals surface area contributed by atoms with Crippen LogP contribution in [-0.4, -0.2) is 34.6 Å². The molecule has 0 radical (unpaired) electrons. The molecule has 1 aliphatic carbocycles. The van der Waals surface area contributed by atoms with Gasteiger partial charge in [0.2, 0.25) is 5.91 Å². The number of anilines is 1. The Morgan fingerprint density at radius 2 is 1.67 bits per heavy atom. The van der Waals surface area contributed by atoms with Gasteiger partial charge in [0.25, 0.3) is 5.91 Å². The fourth-order valence-electron chi connectivity index (χ4n) is 4.05. The van der Waals surface area contributed by atoms with E-state index in [-0.39, 0.29) is 18.1 Å². The minimum absolute atomic E-state index is 0.209. The van der Waals surface area contributed by atoms with E-state index < -0.39 is 23.3 Å². The SMILES string of the molecule is O=C(CN1C(=O)C(c2ccccc2)=NC12CCCC2)Nc1ccc(C(F)(F)F)cc1. The molecule has 30 heavy (non-hydrogen) atoms. The molecule has 2 amide bonds. The van der Waals surface area contributed by atoms with Crippen molar-refractivity contribution in [3.63, 3.8) is 0 Å². The summed E-state index contributed by atoms with van der Waals surface area (Å²) < 4.78 is 38.1. The molecular weight excluding hydrogens is 395 g/mol. The lowest BCUT2D eigenvalue weighted by Gasteiger charge is -2.32. The minimum atomic E-state index is -4.44. The van der Waals surface area contributed by atoms with Crippen molar-refractivity contribution in [2.45, 2.75) is 37.5 Å². The van der Waals surface area contributed by atoms with Crippen LogP contribution in [0.1, 0.15) is 36.8 Å². The average Bonchev–Trinajstić information content (AvgIpc) is 3.29. The molecule has 1 spiro atoms. The van der Waals surface area contributed by atoms with Gasteiger partial charge in [-0.3, -0.25) is 14.6 Å². The highest BCUT2D eigenvalue weighted by molar-refractivity contribution is 6.47. The van der Waals surface area contributed by atoms with Crippen molar-refractivity contribution in [2.24, 2.45) is 4.99 Å². The second kappa shape index (κ2) is 7.59. The Bertz CT molecular complexity index is 979. The number of carbonyl (C=O) groups excluding carboxylic acids is 2.